The topological polar surface area (TPSA) is 78.9 Å². The predicted octanol–water partition coefficient (Wildman–Crippen LogP) is 4.24. The van der Waals surface area contributed by atoms with Crippen LogP contribution in [0.5, 0.6) is 0 Å². The SMILES string of the molecule is CN1CCCCC1CCC(NC(=O)OCC1c2ccccc2-c2ccccc21)C(=O)O. The van der Waals surface area contributed by atoms with Crippen molar-refractivity contribution in [2.75, 3.05) is 20.2 Å². The minimum atomic E-state index is -1.02. The van der Waals surface area contributed by atoms with Crippen LogP contribution in [-0.4, -0.2) is 54.4 Å². The van der Waals surface area contributed by atoms with Crippen molar-refractivity contribution in [1.82, 2.24) is 10.2 Å². The number of alkyl carbamates (subject to hydrolysis) is 1. The van der Waals surface area contributed by atoms with Gasteiger partial charge in [0.15, 0.2) is 0 Å². The van der Waals surface area contributed by atoms with E-state index in [4.69, 9.17) is 4.74 Å². The van der Waals surface area contributed by atoms with Crippen LogP contribution < -0.4 is 5.32 Å². The quantitative estimate of drug-likeness (QED) is 0.698. The Morgan fingerprint density at radius 2 is 1.74 bits per heavy atom. The molecule has 1 amide bonds. The van der Waals surface area contributed by atoms with Crippen LogP contribution in [0.3, 0.4) is 0 Å². The van der Waals surface area contributed by atoms with E-state index in [1.165, 1.54) is 12.8 Å². The van der Waals surface area contributed by atoms with Gasteiger partial charge in [0.25, 0.3) is 0 Å². The number of piperidine rings is 1. The van der Waals surface area contributed by atoms with Crippen LogP contribution in [0.25, 0.3) is 11.1 Å². The highest BCUT2D eigenvalue weighted by molar-refractivity contribution is 5.81. The first kappa shape index (κ1) is 21.4. The lowest BCUT2D eigenvalue weighted by Gasteiger charge is -2.33. The molecule has 1 saturated heterocycles. The molecule has 4 rings (SSSR count). The lowest BCUT2D eigenvalue weighted by molar-refractivity contribution is -0.139. The fraction of sp³-hybridized carbons (Fsp3) is 0.440. The van der Waals surface area contributed by atoms with Crippen molar-refractivity contribution in [2.45, 2.75) is 50.1 Å². The molecule has 1 aliphatic carbocycles. The van der Waals surface area contributed by atoms with E-state index in [2.05, 4.69) is 41.5 Å². The molecule has 1 fully saturated rings. The van der Waals surface area contributed by atoms with Gasteiger partial charge in [-0.1, -0.05) is 55.0 Å². The van der Waals surface area contributed by atoms with Crippen LogP contribution in [0.2, 0.25) is 0 Å². The van der Waals surface area contributed by atoms with E-state index in [0.717, 1.165) is 41.6 Å². The van der Waals surface area contributed by atoms with Gasteiger partial charge in [-0.05, 0) is 61.5 Å². The molecule has 2 aliphatic rings. The summed E-state index contributed by atoms with van der Waals surface area (Å²) >= 11 is 0. The number of carboxylic acids is 1. The van der Waals surface area contributed by atoms with Crippen LogP contribution in [0.15, 0.2) is 48.5 Å². The van der Waals surface area contributed by atoms with Gasteiger partial charge in [0, 0.05) is 12.0 Å². The Morgan fingerprint density at radius 3 is 2.35 bits per heavy atom. The zero-order chi connectivity index (χ0) is 21.8. The molecule has 1 heterocycles. The van der Waals surface area contributed by atoms with E-state index >= 15 is 0 Å². The van der Waals surface area contributed by atoms with Gasteiger partial charge in [-0.15, -0.1) is 0 Å². The van der Waals surface area contributed by atoms with Crippen LogP contribution in [-0.2, 0) is 9.53 Å². The van der Waals surface area contributed by atoms with Gasteiger partial charge in [-0.2, -0.15) is 0 Å². The van der Waals surface area contributed by atoms with Crippen LogP contribution in [0.1, 0.15) is 49.1 Å². The second-order valence-electron chi connectivity index (χ2n) is 8.57. The summed E-state index contributed by atoms with van der Waals surface area (Å²) in [5.74, 6) is -1.07. The molecule has 0 aromatic heterocycles. The van der Waals surface area contributed by atoms with Crippen molar-refractivity contribution >= 4 is 12.1 Å². The minimum absolute atomic E-state index is 0.0442. The van der Waals surface area contributed by atoms with Gasteiger partial charge in [-0.3, -0.25) is 0 Å². The summed E-state index contributed by atoms with van der Waals surface area (Å²) < 4.78 is 5.51. The number of carbonyl (C=O) groups excluding carboxylic acids is 1. The number of nitrogens with zero attached hydrogens (tertiary/aromatic N) is 1. The van der Waals surface area contributed by atoms with Crippen molar-refractivity contribution in [3.05, 3.63) is 59.7 Å². The van der Waals surface area contributed by atoms with Crippen LogP contribution in [0, 0.1) is 0 Å². The molecule has 6 heteroatoms. The summed E-state index contributed by atoms with van der Waals surface area (Å²) in [6.45, 7) is 1.22. The lowest BCUT2D eigenvalue weighted by atomic mass is 9.96. The average molecular weight is 423 g/mol. The molecular formula is C25H30N2O4. The van der Waals surface area contributed by atoms with Crippen LogP contribution >= 0.6 is 0 Å². The van der Waals surface area contributed by atoms with Crippen molar-refractivity contribution < 1.29 is 19.4 Å². The molecule has 0 radical (unpaired) electrons. The fourth-order valence-electron chi connectivity index (χ4n) is 4.91. The monoisotopic (exact) mass is 422 g/mol. The van der Waals surface area contributed by atoms with Crippen LogP contribution in [0.4, 0.5) is 4.79 Å². The van der Waals surface area contributed by atoms with Gasteiger partial charge in [0.05, 0.1) is 0 Å². The molecule has 2 N–H and O–H groups in total. The number of nitrogens with one attached hydrogen (secondary N) is 1. The first-order valence-corrected chi connectivity index (χ1v) is 11.1. The van der Waals surface area contributed by atoms with Crippen molar-refractivity contribution in [3.63, 3.8) is 0 Å². The molecule has 2 atom stereocenters. The first-order valence-electron chi connectivity index (χ1n) is 11.1. The molecule has 0 saturated carbocycles. The number of hydrogen-bond donors (Lipinski definition) is 2. The zero-order valence-corrected chi connectivity index (χ0v) is 17.9. The smallest absolute Gasteiger partial charge is 0.407 e. The summed E-state index contributed by atoms with van der Waals surface area (Å²) in [5, 5.41) is 12.1. The molecule has 6 nitrogen and oxygen atoms in total. The molecule has 0 spiro atoms. The standard InChI is InChI=1S/C25H30N2O4/c1-27-15-7-6-8-17(27)13-14-23(24(28)29)26-25(30)31-16-22-20-11-4-2-9-18(20)19-10-3-5-12-21(19)22/h2-5,9-12,17,22-23H,6-8,13-16H2,1H3,(H,26,30)(H,28,29). The van der Waals surface area contributed by atoms with E-state index in [9.17, 15) is 14.7 Å². The normalized spacial score (nSPS) is 19.3. The van der Waals surface area contributed by atoms with Gasteiger partial charge >= 0.3 is 12.1 Å². The zero-order valence-electron chi connectivity index (χ0n) is 17.9. The highest BCUT2D eigenvalue weighted by Crippen LogP contribution is 2.44. The Bertz CT molecular complexity index is 899. The van der Waals surface area contributed by atoms with E-state index in [0.29, 0.717) is 12.5 Å². The lowest BCUT2D eigenvalue weighted by Crippen LogP contribution is -2.43. The Balaban J connectivity index is 1.35. The number of ether oxygens (including phenoxy) is 1. The molecule has 2 unspecified atom stereocenters. The van der Waals surface area contributed by atoms with E-state index < -0.39 is 18.1 Å². The summed E-state index contributed by atoms with van der Waals surface area (Å²) in [7, 11) is 2.08. The maximum absolute atomic E-state index is 12.4. The first-order chi connectivity index (χ1) is 15.0. The number of aliphatic carboxylic acids is 1. The number of carbonyl (C=O) groups is 2. The van der Waals surface area contributed by atoms with Crippen molar-refractivity contribution in [2.24, 2.45) is 0 Å². The summed E-state index contributed by atoms with van der Waals surface area (Å²) in [6.07, 6.45) is 3.91. The highest BCUT2D eigenvalue weighted by atomic mass is 16.5. The molecule has 1 aliphatic heterocycles. The Labute approximate surface area is 183 Å². The summed E-state index contributed by atoms with van der Waals surface area (Å²) in [5.41, 5.74) is 4.58. The average Bonchev–Trinajstić information content (AvgIpc) is 3.10. The molecule has 164 valence electrons. The van der Waals surface area contributed by atoms with Gasteiger partial charge in [0.1, 0.15) is 12.6 Å². The number of likely N-dealkylation sites (tertiary alicyclic amines) is 1. The molecular weight excluding hydrogens is 392 g/mol. The molecule has 31 heavy (non-hydrogen) atoms. The third-order valence-electron chi connectivity index (χ3n) is 6.64. The number of carboxylic acid groups (broad SMARTS) is 1. The highest BCUT2D eigenvalue weighted by Gasteiger charge is 2.30. The van der Waals surface area contributed by atoms with E-state index in [1.54, 1.807) is 0 Å². The Hall–Kier alpha value is -2.86. The van der Waals surface area contributed by atoms with E-state index in [-0.39, 0.29) is 12.5 Å². The van der Waals surface area contributed by atoms with Gasteiger partial charge in [0.2, 0.25) is 0 Å². The minimum Gasteiger partial charge on any atom is -0.480 e. The van der Waals surface area contributed by atoms with Crippen molar-refractivity contribution in [3.8, 4) is 11.1 Å². The number of hydrogen-bond acceptors (Lipinski definition) is 4. The number of fused-ring (bicyclic) bond motifs is 3. The molecule has 2 aromatic carbocycles. The summed E-state index contributed by atoms with van der Waals surface area (Å²) in [6, 6.07) is 15.7. The number of rotatable bonds is 7. The summed E-state index contributed by atoms with van der Waals surface area (Å²) in [4.78, 5) is 26.4. The number of amides is 1. The van der Waals surface area contributed by atoms with Gasteiger partial charge < -0.3 is 20.1 Å². The third kappa shape index (κ3) is 4.74. The Morgan fingerprint density at radius 1 is 1.10 bits per heavy atom. The predicted molar refractivity (Wildman–Crippen MR) is 119 cm³/mol. The van der Waals surface area contributed by atoms with Gasteiger partial charge in [-0.25, -0.2) is 9.59 Å². The second kappa shape index (κ2) is 9.52. The maximum atomic E-state index is 12.4. The fourth-order valence-corrected chi connectivity index (χ4v) is 4.91. The maximum Gasteiger partial charge on any atom is 0.407 e. The molecule has 0 bridgehead atoms. The second-order valence-corrected chi connectivity index (χ2v) is 8.57. The van der Waals surface area contributed by atoms with E-state index in [1.807, 2.05) is 24.3 Å². The third-order valence-corrected chi connectivity index (χ3v) is 6.64. The molecule has 2 aromatic rings. The largest absolute Gasteiger partial charge is 0.480 e. The Kier molecular flexibility index (Phi) is 6.56. The van der Waals surface area contributed by atoms with Crippen molar-refractivity contribution in [1.29, 1.82) is 0 Å². The number of benzene rings is 2.